The van der Waals surface area contributed by atoms with Gasteiger partial charge in [0.2, 0.25) is 0 Å². The normalized spacial score (nSPS) is 11.1. The average molecular weight is 266 g/mol. The van der Waals surface area contributed by atoms with Crippen LogP contribution in [0.25, 0.3) is 11.0 Å². The number of benzene rings is 2. The van der Waals surface area contributed by atoms with E-state index in [0.29, 0.717) is 0 Å². The van der Waals surface area contributed by atoms with Crippen LogP contribution in [0.3, 0.4) is 0 Å². The Hall–Kier alpha value is -2.20. The molecule has 1 heterocycles. The second-order valence-electron chi connectivity index (χ2n) is 4.84. The fourth-order valence-electron chi connectivity index (χ4n) is 2.31. The van der Waals surface area contributed by atoms with Crippen molar-refractivity contribution in [3.05, 3.63) is 59.7 Å². The highest BCUT2D eigenvalue weighted by Crippen LogP contribution is 2.13. The Balaban J connectivity index is 1.83. The highest BCUT2D eigenvalue weighted by molar-refractivity contribution is 5.73. The van der Waals surface area contributed by atoms with E-state index in [1.165, 1.54) is 11.1 Å². The third-order valence-electron chi connectivity index (χ3n) is 3.32. The minimum Gasteiger partial charge on any atom is -0.313 e. The van der Waals surface area contributed by atoms with Crippen LogP contribution >= 0.6 is 0 Å². The van der Waals surface area contributed by atoms with Gasteiger partial charge in [0.15, 0.2) is 0 Å². The summed E-state index contributed by atoms with van der Waals surface area (Å²) in [5, 5.41) is 11.8. The van der Waals surface area contributed by atoms with Crippen molar-refractivity contribution < 1.29 is 0 Å². The predicted molar refractivity (Wildman–Crippen MR) is 80.5 cm³/mol. The molecule has 0 saturated carbocycles. The van der Waals surface area contributed by atoms with Gasteiger partial charge in [-0.1, -0.05) is 48.5 Å². The summed E-state index contributed by atoms with van der Waals surface area (Å²) in [6.45, 7) is 4.76. The molecule has 0 aliphatic rings. The van der Waals surface area contributed by atoms with E-state index in [-0.39, 0.29) is 0 Å². The van der Waals surface area contributed by atoms with E-state index in [9.17, 15) is 0 Å². The summed E-state index contributed by atoms with van der Waals surface area (Å²) in [6, 6.07) is 16.6. The number of nitrogens with zero attached hydrogens (tertiary/aromatic N) is 3. The Morgan fingerprint density at radius 1 is 1.05 bits per heavy atom. The lowest BCUT2D eigenvalue weighted by molar-refractivity contribution is 0.667. The quantitative estimate of drug-likeness (QED) is 0.772. The van der Waals surface area contributed by atoms with Gasteiger partial charge in [-0.05, 0) is 29.8 Å². The lowest BCUT2D eigenvalue weighted by atomic mass is 10.1. The largest absolute Gasteiger partial charge is 0.313 e. The monoisotopic (exact) mass is 266 g/mol. The Morgan fingerprint density at radius 2 is 1.90 bits per heavy atom. The molecule has 0 atom stereocenters. The van der Waals surface area contributed by atoms with Crippen LogP contribution in [0.2, 0.25) is 0 Å². The van der Waals surface area contributed by atoms with Crippen molar-refractivity contribution >= 4 is 11.0 Å². The molecule has 2 aromatic carbocycles. The first-order valence-electron chi connectivity index (χ1n) is 6.93. The molecule has 0 unspecified atom stereocenters. The van der Waals surface area contributed by atoms with Crippen molar-refractivity contribution in [3.63, 3.8) is 0 Å². The SMILES string of the molecule is CCNCc1cccc(Cn2nnc3ccccc32)c1. The minimum absolute atomic E-state index is 0.750. The number of fused-ring (bicyclic) bond motifs is 1. The molecule has 102 valence electrons. The van der Waals surface area contributed by atoms with E-state index in [2.05, 4.69) is 52.9 Å². The molecule has 0 aliphatic carbocycles. The van der Waals surface area contributed by atoms with Crippen LogP contribution in [0.4, 0.5) is 0 Å². The summed E-state index contributed by atoms with van der Waals surface area (Å²) in [7, 11) is 0. The Morgan fingerprint density at radius 3 is 2.80 bits per heavy atom. The van der Waals surface area contributed by atoms with Crippen molar-refractivity contribution in [1.82, 2.24) is 20.3 Å². The summed E-state index contributed by atoms with van der Waals surface area (Å²) in [5.41, 5.74) is 4.56. The molecule has 4 heteroatoms. The van der Waals surface area contributed by atoms with Crippen molar-refractivity contribution in [2.45, 2.75) is 20.0 Å². The first-order valence-corrected chi connectivity index (χ1v) is 6.93. The van der Waals surface area contributed by atoms with Crippen LogP contribution in [-0.2, 0) is 13.1 Å². The number of para-hydroxylation sites is 1. The van der Waals surface area contributed by atoms with Crippen LogP contribution in [-0.4, -0.2) is 21.5 Å². The Bertz CT molecular complexity index is 702. The van der Waals surface area contributed by atoms with Crippen molar-refractivity contribution in [3.8, 4) is 0 Å². The van der Waals surface area contributed by atoms with Gasteiger partial charge in [-0.25, -0.2) is 4.68 Å². The molecular weight excluding hydrogens is 248 g/mol. The number of hydrogen-bond donors (Lipinski definition) is 1. The van der Waals surface area contributed by atoms with Crippen LogP contribution in [0, 0.1) is 0 Å². The molecule has 0 fully saturated rings. The molecule has 3 aromatic rings. The molecule has 0 amide bonds. The topological polar surface area (TPSA) is 42.7 Å². The first-order chi connectivity index (χ1) is 9.86. The lowest BCUT2D eigenvalue weighted by Gasteiger charge is -2.06. The van der Waals surface area contributed by atoms with Gasteiger partial charge in [0.25, 0.3) is 0 Å². The summed E-state index contributed by atoms with van der Waals surface area (Å²) in [4.78, 5) is 0. The van der Waals surface area contributed by atoms with Crippen molar-refractivity contribution in [1.29, 1.82) is 0 Å². The molecular formula is C16H18N4. The highest BCUT2D eigenvalue weighted by Gasteiger charge is 2.04. The van der Waals surface area contributed by atoms with Gasteiger partial charge in [-0.3, -0.25) is 0 Å². The zero-order chi connectivity index (χ0) is 13.8. The van der Waals surface area contributed by atoms with E-state index >= 15 is 0 Å². The van der Waals surface area contributed by atoms with E-state index in [1.54, 1.807) is 0 Å². The summed E-state index contributed by atoms with van der Waals surface area (Å²) >= 11 is 0. The molecule has 0 saturated heterocycles. The number of rotatable bonds is 5. The third kappa shape index (κ3) is 2.70. The van der Waals surface area contributed by atoms with Crippen molar-refractivity contribution in [2.24, 2.45) is 0 Å². The Kier molecular flexibility index (Phi) is 3.74. The molecule has 0 spiro atoms. The Labute approximate surface area is 118 Å². The maximum absolute atomic E-state index is 4.23. The molecule has 3 rings (SSSR count). The zero-order valence-electron chi connectivity index (χ0n) is 11.6. The molecule has 0 aliphatic heterocycles. The molecule has 20 heavy (non-hydrogen) atoms. The summed E-state index contributed by atoms with van der Waals surface area (Å²) in [5.74, 6) is 0. The average Bonchev–Trinajstić information content (AvgIpc) is 2.89. The van der Waals surface area contributed by atoms with Gasteiger partial charge in [0, 0.05) is 6.54 Å². The van der Waals surface area contributed by atoms with Crippen LogP contribution < -0.4 is 5.32 Å². The fraction of sp³-hybridized carbons (Fsp3) is 0.250. The molecule has 0 bridgehead atoms. The van der Waals surface area contributed by atoms with E-state index in [0.717, 1.165) is 30.7 Å². The smallest absolute Gasteiger partial charge is 0.113 e. The predicted octanol–water partition coefficient (Wildman–Crippen LogP) is 2.59. The van der Waals surface area contributed by atoms with Gasteiger partial charge in [0.1, 0.15) is 5.52 Å². The van der Waals surface area contributed by atoms with Gasteiger partial charge < -0.3 is 5.32 Å². The van der Waals surface area contributed by atoms with E-state index < -0.39 is 0 Å². The van der Waals surface area contributed by atoms with Crippen LogP contribution in [0.1, 0.15) is 18.1 Å². The second-order valence-corrected chi connectivity index (χ2v) is 4.84. The molecule has 1 N–H and O–H groups in total. The summed E-state index contributed by atoms with van der Waals surface area (Å²) in [6.07, 6.45) is 0. The molecule has 0 radical (unpaired) electrons. The molecule has 1 aromatic heterocycles. The van der Waals surface area contributed by atoms with E-state index in [1.807, 2.05) is 22.9 Å². The number of hydrogen-bond acceptors (Lipinski definition) is 3. The van der Waals surface area contributed by atoms with E-state index in [4.69, 9.17) is 0 Å². The fourth-order valence-corrected chi connectivity index (χ4v) is 2.31. The zero-order valence-corrected chi connectivity index (χ0v) is 11.6. The standard InChI is InChI=1S/C16H18N4/c1-2-17-11-13-6-5-7-14(10-13)12-20-16-9-4-3-8-15(16)18-19-20/h3-10,17H,2,11-12H2,1H3. The van der Waals surface area contributed by atoms with Crippen molar-refractivity contribution in [2.75, 3.05) is 6.54 Å². The van der Waals surface area contributed by atoms with Crippen LogP contribution in [0.15, 0.2) is 48.5 Å². The minimum atomic E-state index is 0.750. The maximum atomic E-state index is 4.23. The third-order valence-corrected chi connectivity index (χ3v) is 3.32. The summed E-state index contributed by atoms with van der Waals surface area (Å²) < 4.78 is 1.95. The number of nitrogens with one attached hydrogen (secondary N) is 1. The second kappa shape index (κ2) is 5.84. The maximum Gasteiger partial charge on any atom is 0.113 e. The van der Waals surface area contributed by atoms with Gasteiger partial charge in [-0.15, -0.1) is 5.10 Å². The van der Waals surface area contributed by atoms with Crippen LogP contribution in [0.5, 0.6) is 0 Å². The highest BCUT2D eigenvalue weighted by atomic mass is 15.4. The van der Waals surface area contributed by atoms with Gasteiger partial charge in [-0.2, -0.15) is 0 Å². The first kappa shape index (κ1) is 12.8. The van der Waals surface area contributed by atoms with Gasteiger partial charge in [0.05, 0.1) is 12.1 Å². The number of aromatic nitrogens is 3. The lowest BCUT2D eigenvalue weighted by Crippen LogP contribution is -2.12. The van der Waals surface area contributed by atoms with Gasteiger partial charge >= 0.3 is 0 Å². The molecule has 4 nitrogen and oxygen atoms in total.